The lowest BCUT2D eigenvalue weighted by molar-refractivity contribution is -0.385. The molecule has 10 heteroatoms. The largest absolute Gasteiger partial charge is 0.396 e. The number of non-ortho nitro benzene ring substituents is 1. The van der Waals surface area contributed by atoms with Gasteiger partial charge in [0, 0.05) is 35.6 Å². The van der Waals surface area contributed by atoms with Crippen molar-refractivity contribution in [3.63, 3.8) is 0 Å². The number of hydrogen-bond acceptors (Lipinski definition) is 7. The number of aromatic nitrogens is 2. The van der Waals surface area contributed by atoms with Gasteiger partial charge in [0.25, 0.3) is 17.2 Å². The van der Waals surface area contributed by atoms with Gasteiger partial charge in [0.1, 0.15) is 0 Å². The molecule has 4 aromatic rings. The number of hydrogen-bond donors (Lipinski definition) is 2. The van der Waals surface area contributed by atoms with Crippen LogP contribution >= 0.6 is 0 Å². The van der Waals surface area contributed by atoms with E-state index in [9.17, 15) is 24.8 Å². The van der Waals surface area contributed by atoms with E-state index in [-0.39, 0.29) is 30.0 Å². The summed E-state index contributed by atoms with van der Waals surface area (Å²) in [4.78, 5) is 38.9. The van der Waals surface area contributed by atoms with Crippen molar-refractivity contribution in [2.45, 2.75) is 25.5 Å². The first-order valence-electron chi connectivity index (χ1n) is 12.4. The average molecular weight is 527 g/mol. The lowest BCUT2D eigenvalue weighted by Crippen LogP contribution is -2.44. The summed E-state index contributed by atoms with van der Waals surface area (Å²) >= 11 is 0. The number of aliphatic hydroxyl groups is 2. The van der Waals surface area contributed by atoms with Gasteiger partial charge in [-0.25, -0.2) is 0 Å². The van der Waals surface area contributed by atoms with Crippen LogP contribution in [0.5, 0.6) is 0 Å². The van der Waals surface area contributed by atoms with Crippen molar-refractivity contribution < 1.29 is 19.9 Å². The Morgan fingerprint density at radius 3 is 2.56 bits per heavy atom. The molecule has 1 aromatic heterocycles. The fourth-order valence-electron chi connectivity index (χ4n) is 4.92. The van der Waals surface area contributed by atoms with Gasteiger partial charge in [-0.05, 0) is 36.2 Å². The molecule has 10 nitrogen and oxygen atoms in total. The van der Waals surface area contributed by atoms with Gasteiger partial charge in [0.15, 0.2) is 5.60 Å². The van der Waals surface area contributed by atoms with E-state index < -0.39 is 22.3 Å². The molecule has 1 aliphatic rings. The molecule has 0 unspecified atom stereocenters. The molecule has 2 atom stereocenters. The van der Waals surface area contributed by atoms with Crippen LogP contribution in [0.3, 0.4) is 0 Å². The topological polar surface area (TPSA) is 139 Å². The standard InChI is InChI=1S/C29H26N4O6/c1-19(6-4-5-15-34)29(37)25-16-23(33(38)39)13-14-26(25)31(28(29)36)18-20-9-11-22(12-10-20)32-27(35)24-8-3-2-7-21(24)17-30-32/h2-4,6-14,16-17,19,34,37H,5,15,18H2,1H3/b6-4+/t19-,29+/m1/s1. The fraction of sp³-hybridized carbons (Fsp3) is 0.207. The highest BCUT2D eigenvalue weighted by Gasteiger charge is 2.53. The van der Waals surface area contributed by atoms with E-state index in [0.717, 1.165) is 10.9 Å². The van der Waals surface area contributed by atoms with Crippen LogP contribution < -0.4 is 10.5 Å². The summed E-state index contributed by atoms with van der Waals surface area (Å²) in [7, 11) is 0. The molecule has 5 rings (SSSR count). The van der Waals surface area contributed by atoms with Crippen LogP contribution in [0.4, 0.5) is 11.4 Å². The lowest BCUT2D eigenvalue weighted by atomic mass is 9.82. The molecule has 1 amide bonds. The van der Waals surface area contributed by atoms with Crippen LogP contribution in [-0.4, -0.2) is 37.4 Å². The van der Waals surface area contributed by atoms with E-state index in [2.05, 4.69) is 5.10 Å². The summed E-state index contributed by atoms with van der Waals surface area (Å²) in [5.74, 6) is -1.31. The molecule has 0 aliphatic carbocycles. The number of amides is 1. The van der Waals surface area contributed by atoms with E-state index >= 15 is 0 Å². The first kappa shape index (κ1) is 26.0. The van der Waals surface area contributed by atoms with Crippen molar-refractivity contribution in [2.75, 3.05) is 11.5 Å². The van der Waals surface area contributed by atoms with Gasteiger partial charge in [-0.15, -0.1) is 0 Å². The van der Waals surface area contributed by atoms with E-state index in [4.69, 9.17) is 5.11 Å². The summed E-state index contributed by atoms with van der Waals surface area (Å²) in [5.41, 5.74) is -0.686. The monoisotopic (exact) mass is 526 g/mol. The average Bonchev–Trinajstić information content (AvgIpc) is 3.16. The van der Waals surface area contributed by atoms with Crippen LogP contribution in [0.2, 0.25) is 0 Å². The summed E-state index contributed by atoms with van der Waals surface area (Å²) in [6, 6.07) is 18.2. The number of benzene rings is 3. The van der Waals surface area contributed by atoms with E-state index in [0.29, 0.717) is 23.2 Å². The Kier molecular flexibility index (Phi) is 6.81. The second kappa shape index (κ2) is 10.2. The molecule has 2 heterocycles. The highest BCUT2D eigenvalue weighted by molar-refractivity contribution is 6.07. The van der Waals surface area contributed by atoms with Crippen LogP contribution in [-0.2, 0) is 16.9 Å². The van der Waals surface area contributed by atoms with Crippen LogP contribution in [0, 0.1) is 16.0 Å². The Labute approximate surface area is 223 Å². The number of fused-ring (bicyclic) bond motifs is 2. The third-order valence-electron chi connectivity index (χ3n) is 7.06. The first-order valence-corrected chi connectivity index (χ1v) is 12.4. The van der Waals surface area contributed by atoms with E-state index in [1.807, 2.05) is 12.1 Å². The molecule has 0 saturated heterocycles. The maximum Gasteiger partial charge on any atom is 0.279 e. The van der Waals surface area contributed by atoms with Crippen LogP contribution in [0.1, 0.15) is 24.5 Å². The van der Waals surface area contributed by atoms with E-state index in [1.54, 1.807) is 61.7 Å². The zero-order valence-corrected chi connectivity index (χ0v) is 21.1. The summed E-state index contributed by atoms with van der Waals surface area (Å²) in [5, 5.41) is 37.8. The molecule has 1 aliphatic heterocycles. The molecule has 0 saturated carbocycles. The predicted molar refractivity (Wildman–Crippen MR) is 146 cm³/mol. The van der Waals surface area contributed by atoms with Gasteiger partial charge in [0.2, 0.25) is 0 Å². The molecule has 39 heavy (non-hydrogen) atoms. The van der Waals surface area contributed by atoms with Gasteiger partial charge in [-0.1, -0.05) is 49.4 Å². The third-order valence-corrected chi connectivity index (χ3v) is 7.06. The number of anilines is 1. The first-order chi connectivity index (χ1) is 18.8. The van der Waals surface area contributed by atoms with E-state index in [1.165, 1.54) is 27.8 Å². The fourth-order valence-corrected chi connectivity index (χ4v) is 4.92. The predicted octanol–water partition coefficient (Wildman–Crippen LogP) is 3.60. The minimum absolute atomic E-state index is 0.0827. The molecular weight excluding hydrogens is 500 g/mol. The lowest BCUT2D eigenvalue weighted by Gasteiger charge is -2.27. The quantitative estimate of drug-likeness (QED) is 0.203. The maximum atomic E-state index is 13.7. The van der Waals surface area contributed by atoms with Crippen molar-refractivity contribution >= 4 is 28.1 Å². The van der Waals surface area contributed by atoms with Crippen LogP contribution in [0.15, 0.2) is 89.9 Å². The van der Waals surface area contributed by atoms with Gasteiger partial charge in [0.05, 0.1) is 34.4 Å². The highest BCUT2D eigenvalue weighted by atomic mass is 16.6. The second-order valence-electron chi connectivity index (χ2n) is 9.46. The molecule has 0 bridgehead atoms. The highest BCUT2D eigenvalue weighted by Crippen LogP contribution is 2.47. The van der Waals surface area contributed by atoms with Gasteiger partial charge in [-0.3, -0.25) is 19.7 Å². The van der Waals surface area contributed by atoms with Gasteiger partial charge in [-0.2, -0.15) is 9.78 Å². The summed E-state index contributed by atoms with van der Waals surface area (Å²) < 4.78 is 1.31. The third kappa shape index (κ3) is 4.49. The minimum atomic E-state index is -2.02. The Morgan fingerprint density at radius 1 is 1.10 bits per heavy atom. The number of nitrogens with zero attached hydrogens (tertiary/aromatic N) is 4. The number of rotatable bonds is 8. The Morgan fingerprint density at radius 2 is 1.85 bits per heavy atom. The summed E-state index contributed by atoms with van der Waals surface area (Å²) in [6.07, 6.45) is 5.27. The minimum Gasteiger partial charge on any atom is -0.396 e. The van der Waals surface area contributed by atoms with Crippen molar-refractivity contribution in [2.24, 2.45) is 5.92 Å². The van der Waals surface area contributed by atoms with Crippen molar-refractivity contribution in [3.8, 4) is 5.69 Å². The van der Waals surface area contributed by atoms with Crippen LogP contribution in [0.25, 0.3) is 16.5 Å². The molecule has 198 valence electrons. The Hall–Kier alpha value is -4.67. The smallest absolute Gasteiger partial charge is 0.279 e. The Balaban J connectivity index is 1.48. The number of carbonyl (C=O) groups is 1. The molecule has 2 N–H and O–H groups in total. The molecule has 0 radical (unpaired) electrons. The number of aliphatic hydroxyl groups excluding tert-OH is 1. The second-order valence-corrected chi connectivity index (χ2v) is 9.46. The molecule has 0 fully saturated rings. The SMILES string of the molecule is C[C@H](/C=C/CCO)[C@@]1(O)C(=O)N(Cc2ccc(-n3ncc4ccccc4c3=O)cc2)c2ccc([N+](=O)[O-])cc21. The van der Waals surface area contributed by atoms with Crippen molar-refractivity contribution in [3.05, 3.63) is 117 Å². The van der Waals surface area contributed by atoms with Crippen molar-refractivity contribution in [1.29, 1.82) is 0 Å². The number of carbonyl (C=O) groups excluding carboxylic acids is 1. The molecule has 0 spiro atoms. The maximum absolute atomic E-state index is 13.7. The summed E-state index contributed by atoms with van der Waals surface area (Å²) in [6.45, 7) is 1.67. The normalized spacial score (nSPS) is 17.6. The number of nitro benzene ring substituents is 1. The van der Waals surface area contributed by atoms with Gasteiger partial charge >= 0.3 is 0 Å². The number of nitro groups is 1. The van der Waals surface area contributed by atoms with Crippen molar-refractivity contribution in [1.82, 2.24) is 9.78 Å². The molecule has 3 aromatic carbocycles. The zero-order valence-electron chi connectivity index (χ0n) is 21.1. The zero-order chi connectivity index (χ0) is 27.7. The van der Waals surface area contributed by atoms with Gasteiger partial charge < -0.3 is 15.1 Å². The molecular formula is C29H26N4O6. The Bertz CT molecular complexity index is 1660.